The maximum absolute atomic E-state index is 17.1. The molecule has 6 aliphatic heterocycles. The third-order valence-electron chi connectivity index (χ3n) is 20.9. The van der Waals surface area contributed by atoms with Crippen molar-refractivity contribution in [2.45, 2.75) is 176 Å². The van der Waals surface area contributed by atoms with E-state index in [2.05, 4.69) is 59.8 Å². The van der Waals surface area contributed by atoms with Crippen LogP contribution in [0.15, 0.2) is 136 Å². The smallest absolute Gasteiger partial charge is 0.259 e. The van der Waals surface area contributed by atoms with Gasteiger partial charge in [0.1, 0.15) is 85.8 Å². The molecule has 16 rings (SSSR count). The van der Waals surface area contributed by atoms with E-state index in [-0.39, 0.29) is 96.5 Å². The van der Waals surface area contributed by atoms with E-state index < -0.39 is 140 Å². The lowest BCUT2D eigenvalue weighted by atomic mass is 10.1. The SMILES string of the molecule is CC[C@H]1O[C@@H]2[C@H](F)[C@@H]1OP([O-])(=S)OC[C@H]1OC([C@H](F)[C@@H]1O[Si](C)(C)C(C)(C)C)n1cnc3c(ncnc31)N(C(=O)c1ccccc1)C/C=C/CCc1ncnc3c1ncn32.O=C(c1ccccc1)N1C/C=C/CCc2ncnc3c2ncn3[C@@H]2O[C@H](CO)[C@@H](OP(=O)([S-])OC[C@H]3OC([C@H](F)[C@@H]3O)n3cnc4c1ncnc43)[C@H]2F.S.S. The van der Waals surface area contributed by atoms with E-state index in [4.69, 9.17) is 65.5 Å². The predicted octanol–water partition coefficient (Wildman–Crippen LogP) is 9.00. The average Bonchev–Trinajstić information content (AvgIpc) is 1.63. The molecule has 18 atom stereocenters. The van der Waals surface area contributed by atoms with E-state index in [1.165, 1.54) is 78.7 Å². The fourth-order valence-electron chi connectivity index (χ4n) is 14.1. The second-order valence-corrected chi connectivity index (χ2v) is 39.2. The first-order chi connectivity index (χ1) is 54.2. The first-order valence-electron chi connectivity index (χ1n) is 36.4. The maximum Gasteiger partial charge on any atom is 0.259 e. The molecule has 44 heteroatoms. The molecule has 10 aromatic rings. The summed E-state index contributed by atoms with van der Waals surface area (Å²) >= 11 is 10.4. The van der Waals surface area contributed by atoms with Gasteiger partial charge >= 0.3 is 0 Å². The van der Waals surface area contributed by atoms with Gasteiger partial charge in [-0.15, -0.1) is 0 Å². The molecule has 0 saturated carbocycles. The molecule has 115 heavy (non-hydrogen) atoms. The van der Waals surface area contributed by atoms with Gasteiger partial charge < -0.3 is 68.8 Å². The van der Waals surface area contributed by atoms with Crippen molar-refractivity contribution in [2.24, 2.45) is 0 Å². The van der Waals surface area contributed by atoms with Gasteiger partial charge in [-0.1, -0.05) is 100 Å². The van der Waals surface area contributed by atoms with Crippen LogP contribution in [-0.4, -0.2) is 215 Å². The number of ether oxygens (including phenoxy) is 4. The third-order valence-corrected chi connectivity index (χ3v) is 28.5. The third kappa shape index (κ3) is 17.1. The number of hydrogen-bond donors (Lipinski definition) is 2. The Hall–Kier alpha value is -7.55. The van der Waals surface area contributed by atoms with Crippen molar-refractivity contribution in [3.63, 3.8) is 0 Å². The number of aryl methyl sites for hydroxylation is 2. The Kier molecular flexibility index (Phi) is 26.1. The minimum Gasteiger partial charge on any atom is -0.780 e. The normalized spacial score (nSPS) is 30.2. The molecular formula is C71H82F4N18O15P2S4Si-2. The Morgan fingerprint density at radius 2 is 1.00 bits per heavy atom. The van der Waals surface area contributed by atoms with Gasteiger partial charge in [0.2, 0.25) is 0 Å². The molecule has 0 aliphatic carbocycles. The number of aromatic nitrogens is 16. The maximum atomic E-state index is 17.1. The molecule has 0 spiro atoms. The van der Waals surface area contributed by atoms with Crippen molar-refractivity contribution >= 4 is 141 Å². The van der Waals surface area contributed by atoms with Gasteiger partial charge in [0.05, 0.1) is 62.6 Å². The molecule has 2 aromatic carbocycles. The van der Waals surface area contributed by atoms with E-state index in [0.29, 0.717) is 71.3 Å². The minimum atomic E-state index is -4.56. The number of nitrogens with zero attached hydrogens (tertiary/aromatic N) is 18. The molecule has 0 radical (unpaired) electrons. The number of anilines is 2. The van der Waals surface area contributed by atoms with Gasteiger partial charge in [0.15, 0.2) is 110 Å². The first-order valence-corrected chi connectivity index (χ1v) is 44.4. The summed E-state index contributed by atoms with van der Waals surface area (Å²) in [6.45, 7) is 1.01. The summed E-state index contributed by atoms with van der Waals surface area (Å²) in [5.74, 6) is -0.381. The monoisotopic (exact) mass is 1720 g/mol. The number of imidazole rings is 4. The summed E-state index contributed by atoms with van der Waals surface area (Å²) in [5.41, 5.74) is 4.09. The summed E-state index contributed by atoms with van der Waals surface area (Å²) < 4.78 is 137. The van der Waals surface area contributed by atoms with Gasteiger partial charge in [-0.25, -0.2) is 77.4 Å². The van der Waals surface area contributed by atoms with Crippen molar-refractivity contribution in [3.05, 3.63) is 158 Å². The number of hydrogen-bond acceptors (Lipinski definition) is 29. The standard InChI is InChI=1S/C39H48F2N9O7PSSi.C32H32F2N9O8PS.2H2S/c1-7-25-31-27(40)37(54-25)49-21-46-29-24(42-19-43-33(29)49)16-12-9-13-17-48(36(51)23-14-10-8-11-15-23)34-30-35(45-20-44-34)50(22-47-30)38-28(41)32(57-60(5,6)39(2,3)4)26(55-38)18-53-58(52,59)56-31;33-21-25(45)20-12-48-52(47,53)51-26-19(11-44)49-32(22(26)34)42-15-39-23-18(35-13-36-27(23)42)9-5-2-6-10-41(30(46)17-7-3-1-4-8-17)28-24-29(38-14-37-28)43(16-40-24)31(21)50-20;;/h8-11,13-15,19-22,25-28,31-32,37-38H,7,12,16-18H2,1-6H3,(H,52,59);1-4,6-8,13-16,19-22,25-26,31-32,44-45H,5,9-12H2,(H,47,53);2*1H2/p-2/b13-9+;6-2+;;/t25-,26-,27-,28-,31-,32-,37-,38?,58?;19-,20-,21-,22-,25-,26-,31?,32-,52?;;/m11../s1. The van der Waals surface area contributed by atoms with Crippen LogP contribution < -0.4 is 14.7 Å². The fraction of sp³-hybridized carbons (Fsp3) is 0.465. The summed E-state index contributed by atoms with van der Waals surface area (Å²) in [5, 5.41) is 20.5. The van der Waals surface area contributed by atoms with Gasteiger partial charge in [-0.05, 0) is 74.5 Å². The van der Waals surface area contributed by atoms with Crippen molar-refractivity contribution in [2.75, 3.05) is 42.7 Å². The zero-order valence-electron chi connectivity index (χ0n) is 62.5. The molecular weight excluding hydrogens is 1640 g/mol. The Morgan fingerprint density at radius 1 is 0.583 bits per heavy atom. The molecule has 33 nitrogen and oxygen atoms in total. The highest BCUT2D eigenvalue weighted by Crippen LogP contribution is 2.53. The van der Waals surface area contributed by atoms with E-state index in [9.17, 15) is 29.3 Å². The van der Waals surface area contributed by atoms with Crippen molar-refractivity contribution < 1.29 is 88.3 Å². The number of benzene rings is 2. The van der Waals surface area contributed by atoms with Gasteiger partial charge in [0.25, 0.3) is 11.8 Å². The zero-order chi connectivity index (χ0) is 79.4. The summed E-state index contributed by atoms with van der Waals surface area (Å²) in [7, 11) is -2.67. The Morgan fingerprint density at radius 3 is 1.47 bits per heavy atom. The van der Waals surface area contributed by atoms with Crippen LogP contribution in [0.4, 0.5) is 29.2 Å². The molecule has 24 bridgehead atoms. The summed E-state index contributed by atoms with van der Waals surface area (Å²) in [6, 6.07) is 17.3. The number of fused-ring (bicyclic) bond motifs is 12. The van der Waals surface area contributed by atoms with Crippen LogP contribution in [0.5, 0.6) is 0 Å². The molecule has 14 heterocycles. The van der Waals surface area contributed by atoms with Gasteiger partial charge in [-0.2, -0.15) is 27.0 Å². The fourth-order valence-corrected chi connectivity index (χ4v) is 18.2. The van der Waals surface area contributed by atoms with Crippen LogP contribution in [0.25, 0.3) is 44.7 Å². The zero-order valence-corrected chi connectivity index (χ0v) is 68.9. The van der Waals surface area contributed by atoms with Crippen molar-refractivity contribution in [1.82, 2.24) is 78.1 Å². The molecule has 4 saturated heterocycles. The van der Waals surface area contributed by atoms with Gasteiger partial charge in [-0.3, -0.25) is 42.2 Å². The first kappa shape index (κ1) is 85.3. The highest BCUT2D eigenvalue weighted by Gasteiger charge is 2.55. The minimum absolute atomic E-state index is 0. The van der Waals surface area contributed by atoms with Crippen LogP contribution in [0, 0.1) is 0 Å². The molecule has 6 aliphatic rings. The number of aliphatic hydroxyl groups is 2. The quantitative estimate of drug-likeness (QED) is 0.0515. The number of amides is 2. The highest BCUT2D eigenvalue weighted by molar-refractivity contribution is 8.32. The molecule has 4 unspecified atom stereocenters. The highest BCUT2D eigenvalue weighted by atomic mass is 32.7. The number of rotatable bonds is 6. The number of carbonyl (C=O) groups excluding carboxylic acids is 2. The Balaban J connectivity index is 0.000000198. The molecule has 614 valence electrons. The lowest BCUT2D eigenvalue weighted by molar-refractivity contribution is -0.216. The second kappa shape index (κ2) is 35.2. The molecule has 8 aromatic heterocycles. The van der Waals surface area contributed by atoms with Crippen LogP contribution in [-0.2, 0) is 82.9 Å². The molecule has 2 amide bonds. The number of allylic oxidation sites excluding steroid dienone is 2. The summed E-state index contributed by atoms with van der Waals surface area (Å²) in [6.07, 6.45) is -3.88. The molecule has 4 fully saturated rings. The van der Waals surface area contributed by atoms with Crippen LogP contribution in [0.2, 0.25) is 18.1 Å². The number of carbonyl (C=O) groups is 2. The lowest BCUT2D eigenvalue weighted by Gasteiger charge is -2.40. The van der Waals surface area contributed by atoms with E-state index in [0.717, 1.165) is 0 Å². The largest absolute Gasteiger partial charge is 0.780 e. The Bertz CT molecular complexity index is 5310. The van der Waals surface area contributed by atoms with Crippen molar-refractivity contribution in [1.29, 1.82) is 0 Å². The number of alkyl halides is 4. The van der Waals surface area contributed by atoms with E-state index in [1.54, 1.807) is 67.6 Å². The predicted molar refractivity (Wildman–Crippen MR) is 425 cm³/mol. The van der Waals surface area contributed by atoms with Gasteiger partial charge in [0, 0.05) is 24.2 Å². The van der Waals surface area contributed by atoms with Crippen molar-refractivity contribution in [3.8, 4) is 0 Å². The van der Waals surface area contributed by atoms with E-state index in [1.807, 2.05) is 58.2 Å². The number of halogens is 4. The topological polar surface area (TPSA) is 379 Å². The van der Waals surface area contributed by atoms with Crippen LogP contribution >= 0.6 is 40.5 Å². The molecule has 2 N–H and O–H groups in total. The lowest BCUT2D eigenvalue weighted by Crippen LogP contribution is -2.49. The Labute approximate surface area is 680 Å². The second-order valence-electron chi connectivity index (χ2n) is 29.0. The number of aliphatic hydroxyl groups excluding tert-OH is 2. The summed E-state index contributed by atoms with van der Waals surface area (Å²) in [4.78, 5) is 97.9. The van der Waals surface area contributed by atoms with Crippen LogP contribution in [0.3, 0.4) is 0 Å². The van der Waals surface area contributed by atoms with E-state index >= 15 is 17.6 Å². The average molecular weight is 1720 g/mol. The van der Waals surface area contributed by atoms with Crippen LogP contribution in [0.1, 0.15) is 104 Å².